The molecule has 0 atom stereocenters. The molecule has 0 saturated carbocycles. The molecule has 0 aliphatic rings. The number of aromatic nitrogens is 1. The number of hydrogen-bond acceptors (Lipinski definition) is 4. The smallest absolute Gasteiger partial charge is 0.322 e. The lowest BCUT2D eigenvalue weighted by Crippen LogP contribution is -2.41. The van der Waals surface area contributed by atoms with E-state index in [0.717, 1.165) is 23.2 Å². The highest BCUT2D eigenvalue weighted by atomic mass is 16.5. The van der Waals surface area contributed by atoms with E-state index in [0.29, 0.717) is 18.3 Å². The van der Waals surface area contributed by atoms with Crippen molar-refractivity contribution in [1.29, 1.82) is 0 Å². The summed E-state index contributed by atoms with van der Waals surface area (Å²) in [6.07, 6.45) is 2.18. The SMILES string of the molecule is Cc1cccc(C)c1NC(=O)N(CCC(C)C)CC(=O)Nc1ccon1. The molecule has 7 nitrogen and oxygen atoms in total. The number of hydrogen-bond donors (Lipinski definition) is 2. The van der Waals surface area contributed by atoms with Gasteiger partial charge < -0.3 is 20.1 Å². The monoisotopic (exact) mass is 358 g/mol. The second kappa shape index (κ2) is 9.03. The van der Waals surface area contributed by atoms with Crippen LogP contribution in [0.25, 0.3) is 0 Å². The maximum Gasteiger partial charge on any atom is 0.322 e. The van der Waals surface area contributed by atoms with Crippen molar-refractivity contribution in [3.63, 3.8) is 0 Å². The number of amides is 3. The van der Waals surface area contributed by atoms with Gasteiger partial charge in [-0.25, -0.2) is 4.79 Å². The maximum absolute atomic E-state index is 12.8. The fraction of sp³-hybridized carbons (Fsp3) is 0.421. The number of anilines is 2. The van der Waals surface area contributed by atoms with Crippen LogP contribution in [0.15, 0.2) is 35.1 Å². The highest BCUT2D eigenvalue weighted by Crippen LogP contribution is 2.20. The van der Waals surface area contributed by atoms with E-state index < -0.39 is 0 Å². The molecule has 0 saturated heterocycles. The lowest BCUT2D eigenvalue weighted by Gasteiger charge is -2.24. The summed E-state index contributed by atoms with van der Waals surface area (Å²) in [6, 6.07) is 7.09. The summed E-state index contributed by atoms with van der Waals surface area (Å²) >= 11 is 0. The summed E-state index contributed by atoms with van der Waals surface area (Å²) in [4.78, 5) is 26.5. The molecule has 0 fully saturated rings. The number of rotatable bonds is 7. The minimum atomic E-state index is -0.320. The van der Waals surface area contributed by atoms with Gasteiger partial charge in [-0.1, -0.05) is 37.2 Å². The Labute approximate surface area is 153 Å². The Morgan fingerprint density at radius 2 is 1.85 bits per heavy atom. The highest BCUT2D eigenvalue weighted by Gasteiger charge is 2.19. The summed E-state index contributed by atoms with van der Waals surface area (Å²) < 4.78 is 4.69. The van der Waals surface area contributed by atoms with Crippen LogP contribution in [0.2, 0.25) is 0 Å². The van der Waals surface area contributed by atoms with Gasteiger partial charge in [0.05, 0.1) is 0 Å². The summed E-state index contributed by atoms with van der Waals surface area (Å²) in [7, 11) is 0. The third kappa shape index (κ3) is 5.61. The molecular formula is C19H26N4O3. The number of para-hydroxylation sites is 1. The number of urea groups is 1. The second-order valence-electron chi connectivity index (χ2n) is 6.73. The predicted octanol–water partition coefficient (Wildman–Crippen LogP) is 3.81. The van der Waals surface area contributed by atoms with E-state index in [-0.39, 0.29) is 18.5 Å². The first-order valence-corrected chi connectivity index (χ1v) is 8.69. The molecule has 1 aromatic carbocycles. The van der Waals surface area contributed by atoms with Crippen LogP contribution in [-0.4, -0.2) is 35.1 Å². The largest absolute Gasteiger partial charge is 0.363 e. The minimum Gasteiger partial charge on any atom is -0.363 e. The molecule has 2 rings (SSSR count). The first-order valence-electron chi connectivity index (χ1n) is 8.69. The summed E-state index contributed by atoms with van der Waals surface area (Å²) in [5.74, 6) is 0.428. The number of carbonyl (C=O) groups excluding carboxylic acids is 2. The molecule has 0 radical (unpaired) electrons. The van der Waals surface area contributed by atoms with Crippen LogP contribution >= 0.6 is 0 Å². The molecule has 0 aliphatic heterocycles. The van der Waals surface area contributed by atoms with Gasteiger partial charge in [0, 0.05) is 18.3 Å². The van der Waals surface area contributed by atoms with Crippen LogP contribution in [0.1, 0.15) is 31.4 Å². The summed E-state index contributed by atoms with van der Waals surface area (Å²) in [6.45, 7) is 8.47. The van der Waals surface area contributed by atoms with Crippen molar-refractivity contribution in [1.82, 2.24) is 10.1 Å². The zero-order valence-corrected chi connectivity index (χ0v) is 15.7. The highest BCUT2D eigenvalue weighted by molar-refractivity contribution is 5.97. The van der Waals surface area contributed by atoms with Crippen LogP contribution in [0.3, 0.4) is 0 Å². The lowest BCUT2D eigenvalue weighted by atomic mass is 10.1. The lowest BCUT2D eigenvalue weighted by molar-refractivity contribution is -0.116. The van der Waals surface area contributed by atoms with Gasteiger partial charge in [0.2, 0.25) is 5.91 Å². The zero-order valence-electron chi connectivity index (χ0n) is 15.7. The topological polar surface area (TPSA) is 87.5 Å². The predicted molar refractivity (Wildman–Crippen MR) is 101 cm³/mol. The Hall–Kier alpha value is -2.83. The van der Waals surface area contributed by atoms with Gasteiger partial charge in [0.15, 0.2) is 5.82 Å². The van der Waals surface area contributed by atoms with E-state index in [4.69, 9.17) is 4.52 Å². The number of nitrogens with zero attached hydrogens (tertiary/aromatic N) is 2. The first-order chi connectivity index (χ1) is 12.4. The third-order valence-electron chi connectivity index (χ3n) is 4.02. The van der Waals surface area contributed by atoms with Crippen molar-refractivity contribution in [2.75, 3.05) is 23.7 Å². The molecule has 0 bridgehead atoms. The van der Waals surface area contributed by atoms with Crippen molar-refractivity contribution in [3.05, 3.63) is 41.7 Å². The number of nitrogens with one attached hydrogen (secondary N) is 2. The standard InChI is InChI=1S/C19H26N4O3/c1-13(2)8-10-23(12-17(24)20-16-9-11-26-22-16)19(25)21-18-14(3)6-5-7-15(18)4/h5-7,9,11,13H,8,10,12H2,1-4H3,(H,21,25)(H,20,22,24). The summed E-state index contributed by atoms with van der Waals surface area (Å²) in [5.41, 5.74) is 2.74. The molecule has 0 unspecified atom stereocenters. The first kappa shape index (κ1) is 19.5. The van der Waals surface area contributed by atoms with Crippen molar-refractivity contribution in [2.45, 2.75) is 34.1 Å². The Bertz CT molecular complexity index is 721. The molecule has 0 spiro atoms. The fourth-order valence-corrected chi connectivity index (χ4v) is 2.50. The van der Waals surface area contributed by atoms with Crippen molar-refractivity contribution < 1.29 is 14.1 Å². The van der Waals surface area contributed by atoms with Crippen molar-refractivity contribution >= 4 is 23.4 Å². The Morgan fingerprint density at radius 3 is 2.42 bits per heavy atom. The average molecular weight is 358 g/mol. The Kier molecular flexibility index (Phi) is 6.77. The van der Waals surface area contributed by atoms with Gasteiger partial charge in [-0.05, 0) is 37.3 Å². The van der Waals surface area contributed by atoms with Gasteiger partial charge >= 0.3 is 6.03 Å². The molecule has 1 heterocycles. The van der Waals surface area contributed by atoms with Crippen LogP contribution in [-0.2, 0) is 4.79 Å². The second-order valence-corrected chi connectivity index (χ2v) is 6.73. The average Bonchev–Trinajstić information content (AvgIpc) is 3.07. The van der Waals surface area contributed by atoms with Crippen LogP contribution in [0.5, 0.6) is 0 Å². The Balaban J connectivity index is 2.07. The Morgan fingerprint density at radius 1 is 1.15 bits per heavy atom. The van der Waals surface area contributed by atoms with E-state index in [1.54, 1.807) is 6.07 Å². The van der Waals surface area contributed by atoms with E-state index in [1.807, 2.05) is 32.0 Å². The molecule has 3 amide bonds. The van der Waals surface area contributed by atoms with E-state index in [9.17, 15) is 9.59 Å². The van der Waals surface area contributed by atoms with Gasteiger partial charge in [-0.2, -0.15) is 0 Å². The van der Waals surface area contributed by atoms with Gasteiger partial charge in [-0.3, -0.25) is 4.79 Å². The van der Waals surface area contributed by atoms with Gasteiger partial charge in [0.25, 0.3) is 0 Å². The molecule has 26 heavy (non-hydrogen) atoms. The molecule has 140 valence electrons. The number of benzene rings is 1. The maximum atomic E-state index is 12.8. The minimum absolute atomic E-state index is 0.0592. The zero-order chi connectivity index (χ0) is 19.1. The van der Waals surface area contributed by atoms with Gasteiger partial charge in [-0.15, -0.1) is 0 Å². The molecule has 1 aromatic heterocycles. The fourth-order valence-electron chi connectivity index (χ4n) is 2.50. The quantitative estimate of drug-likeness (QED) is 0.788. The van der Waals surface area contributed by atoms with Crippen LogP contribution < -0.4 is 10.6 Å². The van der Waals surface area contributed by atoms with Crippen LogP contribution in [0, 0.1) is 19.8 Å². The van der Waals surface area contributed by atoms with E-state index in [1.165, 1.54) is 11.2 Å². The van der Waals surface area contributed by atoms with Crippen molar-refractivity contribution in [2.24, 2.45) is 5.92 Å². The number of carbonyl (C=O) groups is 2. The molecule has 7 heteroatoms. The van der Waals surface area contributed by atoms with E-state index in [2.05, 4.69) is 29.6 Å². The van der Waals surface area contributed by atoms with E-state index >= 15 is 0 Å². The summed E-state index contributed by atoms with van der Waals surface area (Å²) in [5, 5.41) is 9.20. The molecule has 2 N–H and O–H groups in total. The third-order valence-corrected chi connectivity index (χ3v) is 4.02. The normalized spacial score (nSPS) is 10.7. The van der Waals surface area contributed by atoms with Crippen molar-refractivity contribution in [3.8, 4) is 0 Å². The van der Waals surface area contributed by atoms with Crippen LogP contribution in [0.4, 0.5) is 16.3 Å². The van der Waals surface area contributed by atoms with Gasteiger partial charge in [0.1, 0.15) is 12.8 Å². The number of aryl methyl sites for hydroxylation is 2. The molecular weight excluding hydrogens is 332 g/mol. The molecule has 0 aliphatic carbocycles. The molecule has 2 aromatic rings.